The van der Waals surface area contributed by atoms with Crippen LogP contribution in [0.5, 0.6) is 5.75 Å². The van der Waals surface area contributed by atoms with E-state index in [1.807, 2.05) is 13.0 Å². The number of nitrogens with zero attached hydrogens (tertiary/aromatic N) is 1. The smallest absolute Gasteiger partial charge is 0.119 e. The molecule has 2 unspecified atom stereocenters. The first-order chi connectivity index (χ1) is 9.33. The van der Waals surface area contributed by atoms with Crippen molar-refractivity contribution in [2.75, 3.05) is 19.7 Å². The molecule has 2 bridgehead atoms. The summed E-state index contributed by atoms with van der Waals surface area (Å²) in [6.07, 6.45) is 4.01. The Morgan fingerprint density at radius 3 is 3.05 bits per heavy atom. The summed E-state index contributed by atoms with van der Waals surface area (Å²) >= 11 is 0. The van der Waals surface area contributed by atoms with E-state index in [0.717, 1.165) is 24.9 Å². The van der Waals surface area contributed by atoms with Crippen LogP contribution in [0, 0.1) is 0 Å². The summed E-state index contributed by atoms with van der Waals surface area (Å²) in [5.74, 6) is 0.995. The fourth-order valence-corrected chi connectivity index (χ4v) is 3.32. The average Bonchev–Trinajstić information content (AvgIpc) is 2.74. The van der Waals surface area contributed by atoms with Gasteiger partial charge in [-0.15, -0.1) is 0 Å². The topological polar surface area (TPSA) is 24.5 Å². The Balaban J connectivity index is 1.62. The Morgan fingerprint density at radius 1 is 1.26 bits per heavy atom. The Labute approximate surface area is 115 Å². The highest BCUT2D eigenvalue weighted by atomic mass is 16.5. The monoisotopic (exact) mass is 260 g/mol. The van der Waals surface area contributed by atoms with Crippen LogP contribution in [-0.4, -0.2) is 36.7 Å². The van der Waals surface area contributed by atoms with Crippen molar-refractivity contribution in [3.8, 4) is 5.75 Å². The third kappa shape index (κ3) is 3.28. The first-order valence-electron chi connectivity index (χ1n) is 7.53. The number of fused-ring (bicyclic) bond motifs is 2. The largest absolute Gasteiger partial charge is 0.494 e. The molecule has 1 aromatic rings. The number of hydrogen-bond donors (Lipinski definition) is 1. The highest BCUT2D eigenvalue weighted by Gasteiger charge is 2.28. The molecule has 104 valence electrons. The second-order valence-electron chi connectivity index (χ2n) is 5.74. The third-order valence-electron chi connectivity index (χ3n) is 4.22. The van der Waals surface area contributed by atoms with Gasteiger partial charge in [0, 0.05) is 31.7 Å². The lowest BCUT2D eigenvalue weighted by atomic mass is 10.1. The molecular weight excluding hydrogens is 236 g/mol. The van der Waals surface area contributed by atoms with Gasteiger partial charge in [-0.1, -0.05) is 12.1 Å². The van der Waals surface area contributed by atoms with E-state index in [0.29, 0.717) is 6.04 Å². The van der Waals surface area contributed by atoms with Crippen molar-refractivity contribution in [3.63, 3.8) is 0 Å². The molecule has 1 aromatic carbocycles. The van der Waals surface area contributed by atoms with Crippen molar-refractivity contribution in [1.82, 2.24) is 10.2 Å². The van der Waals surface area contributed by atoms with Crippen molar-refractivity contribution in [1.29, 1.82) is 0 Å². The predicted molar refractivity (Wildman–Crippen MR) is 77.5 cm³/mol. The van der Waals surface area contributed by atoms with E-state index in [4.69, 9.17) is 4.74 Å². The van der Waals surface area contributed by atoms with Crippen LogP contribution in [0.1, 0.15) is 31.7 Å². The van der Waals surface area contributed by atoms with Crippen LogP contribution in [0.25, 0.3) is 0 Å². The molecule has 19 heavy (non-hydrogen) atoms. The van der Waals surface area contributed by atoms with E-state index >= 15 is 0 Å². The summed E-state index contributed by atoms with van der Waals surface area (Å²) in [5.41, 5.74) is 1.36. The van der Waals surface area contributed by atoms with Crippen LogP contribution in [0.2, 0.25) is 0 Å². The maximum atomic E-state index is 5.58. The van der Waals surface area contributed by atoms with Crippen molar-refractivity contribution in [2.24, 2.45) is 0 Å². The summed E-state index contributed by atoms with van der Waals surface area (Å²) < 4.78 is 5.58. The van der Waals surface area contributed by atoms with Gasteiger partial charge in [0.1, 0.15) is 5.75 Å². The molecule has 3 rings (SSSR count). The normalized spacial score (nSPS) is 27.2. The highest BCUT2D eigenvalue weighted by Crippen LogP contribution is 2.22. The summed E-state index contributed by atoms with van der Waals surface area (Å²) in [6, 6.07) is 10.0. The molecule has 0 amide bonds. The van der Waals surface area contributed by atoms with Gasteiger partial charge in [0.2, 0.25) is 0 Å². The van der Waals surface area contributed by atoms with Gasteiger partial charge in [-0.3, -0.25) is 4.90 Å². The van der Waals surface area contributed by atoms with Gasteiger partial charge < -0.3 is 10.1 Å². The number of rotatable bonds is 4. The van der Waals surface area contributed by atoms with Crippen molar-refractivity contribution in [3.05, 3.63) is 29.8 Å². The number of likely N-dealkylation sites (tertiary alicyclic amines) is 1. The van der Waals surface area contributed by atoms with Gasteiger partial charge in [-0.25, -0.2) is 0 Å². The minimum Gasteiger partial charge on any atom is -0.494 e. The lowest BCUT2D eigenvalue weighted by Crippen LogP contribution is -2.34. The number of benzene rings is 1. The summed E-state index contributed by atoms with van der Waals surface area (Å²) in [7, 11) is 0. The van der Waals surface area contributed by atoms with E-state index in [1.54, 1.807) is 0 Å². The zero-order chi connectivity index (χ0) is 13.1. The summed E-state index contributed by atoms with van der Waals surface area (Å²) in [5, 5.41) is 3.73. The van der Waals surface area contributed by atoms with Crippen LogP contribution >= 0.6 is 0 Å². The second-order valence-corrected chi connectivity index (χ2v) is 5.74. The van der Waals surface area contributed by atoms with Crippen molar-refractivity contribution < 1.29 is 4.74 Å². The fourth-order valence-electron chi connectivity index (χ4n) is 3.32. The molecule has 0 saturated carbocycles. The zero-order valence-corrected chi connectivity index (χ0v) is 11.8. The third-order valence-corrected chi connectivity index (χ3v) is 4.22. The molecule has 0 spiro atoms. The fraction of sp³-hybridized carbons (Fsp3) is 0.625. The van der Waals surface area contributed by atoms with Crippen LogP contribution in [0.15, 0.2) is 24.3 Å². The Hall–Kier alpha value is -1.06. The molecular formula is C16H24N2O. The van der Waals surface area contributed by atoms with E-state index in [9.17, 15) is 0 Å². The molecule has 2 aliphatic rings. The van der Waals surface area contributed by atoms with Crippen molar-refractivity contribution in [2.45, 2.75) is 44.8 Å². The summed E-state index contributed by atoms with van der Waals surface area (Å²) in [6.45, 7) is 6.22. The zero-order valence-electron chi connectivity index (χ0n) is 11.8. The van der Waals surface area contributed by atoms with E-state index in [2.05, 4.69) is 28.4 Å². The van der Waals surface area contributed by atoms with Gasteiger partial charge in [-0.05, 0) is 43.9 Å². The minimum atomic E-state index is 0.711. The molecule has 3 nitrogen and oxygen atoms in total. The van der Waals surface area contributed by atoms with Crippen LogP contribution in [-0.2, 0) is 6.54 Å². The number of ether oxygens (including phenoxy) is 1. The molecule has 2 saturated heterocycles. The van der Waals surface area contributed by atoms with E-state index < -0.39 is 0 Å². The minimum absolute atomic E-state index is 0.711. The Bertz CT molecular complexity index is 421. The number of nitrogens with one attached hydrogen (secondary N) is 1. The predicted octanol–water partition coefficient (Wildman–Crippen LogP) is 2.41. The van der Waals surface area contributed by atoms with Gasteiger partial charge in [-0.2, -0.15) is 0 Å². The maximum absolute atomic E-state index is 5.58. The molecule has 2 heterocycles. The highest BCUT2D eigenvalue weighted by molar-refractivity contribution is 5.28. The lowest BCUT2D eigenvalue weighted by Gasteiger charge is -2.24. The molecule has 2 atom stereocenters. The molecule has 0 radical (unpaired) electrons. The second kappa shape index (κ2) is 5.93. The van der Waals surface area contributed by atoms with Gasteiger partial charge in [0.05, 0.1) is 6.61 Å². The SMILES string of the molecule is CCOc1cccc(CN2CCC3CCC(C2)N3)c1. The van der Waals surface area contributed by atoms with Crippen LogP contribution < -0.4 is 10.1 Å². The van der Waals surface area contributed by atoms with Gasteiger partial charge in [0.15, 0.2) is 0 Å². The van der Waals surface area contributed by atoms with E-state index in [1.165, 1.54) is 37.9 Å². The molecule has 1 N–H and O–H groups in total. The number of hydrogen-bond acceptors (Lipinski definition) is 3. The van der Waals surface area contributed by atoms with Gasteiger partial charge in [0.25, 0.3) is 0 Å². The lowest BCUT2D eigenvalue weighted by molar-refractivity contribution is 0.250. The van der Waals surface area contributed by atoms with E-state index in [-0.39, 0.29) is 0 Å². The standard InChI is InChI=1S/C16H24N2O/c1-2-19-16-5-3-4-13(10-16)11-18-9-8-14-6-7-15(12-18)17-14/h3-5,10,14-15,17H,2,6-9,11-12H2,1H3. The van der Waals surface area contributed by atoms with Crippen molar-refractivity contribution >= 4 is 0 Å². The maximum Gasteiger partial charge on any atom is 0.119 e. The first-order valence-corrected chi connectivity index (χ1v) is 7.53. The van der Waals surface area contributed by atoms with Crippen LogP contribution in [0.3, 0.4) is 0 Å². The quantitative estimate of drug-likeness (QED) is 0.900. The first kappa shape index (κ1) is 12.9. The molecule has 3 heteroatoms. The van der Waals surface area contributed by atoms with Crippen LogP contribution in [0.4, 0.5) is 0 Å². The summed E-state index contributed by atoms with van der Waals surface area (Å²) in [4.78, 5) is 2.59. The molecule has 2 fully saturated rings. The van der Waals surface area contributed by atoms with Gasteiger partial charge >= 0.3 is 0 Å². The average molecular weight is 260 g/mol. The Kier molecular flexibility index (Phi) is 4.04. The Morgan fingerprint density at radius 2 is 2.16 bits per heavy atom. The molecule has 2 aliphatic heterocycles. The molecule has 0 aliphatic carbocycles. The molecule has 0 aromatic heterocycles.